The van der Waals surface area contributed by atoms with Crippen molar-refractivity contribution >= 4 is 28.1 Å². The molecule has 2 heteroatoms. The lowest BCUT2D eigenvalue weighted by Gasteiger charge is -1.98. The van der Waals surface area contributed by atoms with Crippen LogP contribution < -0.4 is 0 Å². The van der Waals surface area contributed by atoms with Crippen LogP contribution in [0.25, 0.3) is 12.2 Å². The highest BCUT2D eigenvalue weighted by molar-refractivity contribution is 9.10. The predicted molar refractivity (Wildman–Crippen MR) is 72.0 cm³/mol. The van der Waals surface area contributed by atoms with Crippen molar-refractivity contribution in [1.29, 1.82) is 0 Å². The zero-order valence-corrected chi connectivity index (χ0v) is 10.6. The molecule has 0 fully saturated rings. The molecule has 1 aromatic carbocycles. The Labute approximate surface area is 104 Å². The summed E-state index contributed by atoms with van der Waals surface area (Å²) < 4.78 is 1.10. The summed E-state index contributed by atoms with van der Waals surface area (Å²) in [4.78, 5) is 4.07. The van der Waals surface area contributed by atoms with Crippen LogP contribution in [0, 0.1) is 6.92 Å². The summed E-state index contributed by atoms with van der Waals surface area (Å²) in [5.74, 6) is 0. The normalized spacial score (nSPS) is 10.9. The van der Waals surface area contributed by atoms with Crippen LogP contribution in [-0.2, 0) is 0 Å². The van der Waals surface area contributed by atoms with E-state index in [1.165, 1.54) is 16.7 Å². The molecule has 0 aliphatic heterocycles. The van der Waals surface area contributed by atoms with E-state index in [1.807, 2.05) is 30.6 Å². The van der Waals surface area contributed by atoms with Crippen molar-refractivity contribution in [3.8, 4) is 0 Å². The number of hydrogen-bond acceptors (Lipinski definition) is 1. The quantitative estimate of drug-likeness (QED) is 0.794. The van der Waals surface area contributed by atoms with E-state index >= 15 is 0 Å². The number of halogens is 1. The molecule has 0 atom stereocenters. The molecule has 80 valence electrons. The maximum Gasteiger partial charge on any atom is 0.0303 e. The van der Waals surface area contributed by atoms with Crippen molar-refractivity contribution in [2.75, 3.05) is 0 Å². The summed E-state index contributed by atoms with van der Waals surface area (Å²) in [6.45, 7) is 2.06. The fraction of sp³-hybridized carbons (Fsp3) is 0.0714. The van der Waals surface area contributed by atoms with E-state index in [2.05, 4.69) is 52.1 Å². The standard InChI is InChI=1S/C14H12BrN/c1-11-10-16-9-8-13(11)5-2-12-3-6-14(15)7-4-12/h2-10H,1H3. The van der Waals surface area contributed by atoms with Gasteiger partial charge in [-0.2, -0.15) is 0 Å². The van der Waals surface area contributed by atoms with Crippen LogP contribution in [0.4, 0.5) is 0 Å². The van der Waals surface area contributed by atoms with E-state index < -0.39 is 0 Å². The molecule has 0 saturated heterocycles. The number of rotatable bonds is 2. The monoisotopic (exact) mass is 273 g/mol. The van der Waals surface area contributed by atoms with Gasteiger partial charge in [0.05, 0.1) is 0 Å². The van der Waals surface area contributed by atoms with Crippen molar-refractivity contribution < 1.29 is 0 Å². The Balaban J connectivity index is 2.21. The summed E-state index contributed by atoms with van der Waals surface area (Å²) in [6.07, 6.45) is 7.91. The van der Waals surface area contributed by atoms with Crippen LogP contribution in [0.1, 0.15) is 16.7 Å². The third-order valence-electron chi connectivity index (χ3n) is 2.39. The van der Waals surface area contributed by atoms with E-state index in [4.69, 9.17) is 0 Å². The number of nitrogens with zero attached hydrogens (tertiary/aromatic N) is 1. The van der Waals surface area contributed by atoms with E-state index in [-0.39, 0.29) is 0 Å². The lowest BCUT2D eigenvalue weighted by atomic mass is 10.1. The van der Waals surface area contributed by atoms with Crippen LogP contribution in [0.3, 0.4) is 0 Å². The van der Waals surface area contributed by atoms with Crippen LogP contribution in [0.2, 0.25) is 0 Å². The molecule has 1 nitrogen and oxygen atoms in total. The molecule has 1 aromatic heterocycles. The summed E-state index contributed by atoms with van der Waals surface area (Å²) in [5, 5.41) is 0. The average Bonchev–Trinajstić information content (AvgIpc) is 2.30. The zero-order valence-electron chi connectivity index (χ0n) is 9.02. The maximum absolute atomic E-state index is 4.07. The summed E-state index contributed by atoms with van der Waals surface area (Å²) in [5.41, 5.74) is 3.59. The van der Waals surface area contributed by atoms with Crippen LogP contribution in [0.5, 0.6) is 0 Å². The largest absolute Gasteiger partial charge is 0.264 e. The highest BCUT2D eigenvalue weighted by Gasteiger charge is 1.92. The first kappa shape index (κ1) is 11.1. The van der Waals surface area contributed by atoms with Gasteiger partial charge in [0.15, 0.2) is 0 Å². The van der Waals surface area contributed by atoms with Crippen molar-refractivity contribution in [1.82, 2.24) is 4.98 Å². The maximum atomic E-state index is 4.07. The van der Waals surface area contributed by atoms with Gasteiger partial charge >= 0.3 is 0 Å². The molecule has 0 aliphatic rings. The predicted octanol–water partition coefficient (Wildman–Crippen LogP) is 4.32. The molecule has 0 N–H and O–H groups in total. The van der Waals surface area contributed by atoms with Crippen LogP contribution in [0.15, 0.2) is 47.2 Å². The molecule has 2 aromatic rings. The van der Waals surface area contributed by atoms with Gasteiger partial charge in [-0.3, -0.25) is 4.98 Å². The van der Waals surface area contributed by atoms with Crippen molar-refractivity contribution in [2.24, 2.45) is 0 Å². The van der Waals surface area contributed by atoms with Gasteiger partial charge in [0.1, 0.15) is 0 Å². The summed E-state index contributed by atoms with van der Waals surface area (Å²) in [7, 11) is 0. The second-order valence-electron chi connectivity index (χ2n) is 3.62. The summed E-state index contributed by atoms with van der Waals surface area (Å²) in [6, 6.07) is 10.3. The molecule has 16 heavy (non-hydrogen) atoms. The van der Waals surface area contributed by atoms with Gasteiger partial charge in [0.25, 0.3) is 0 Å². The molecular weight excluding hydrogens is 262 g/mol. The minimum absolute atomic E-state index is 1.10. The number of hydrogen-bond donors (Lipinski definition) is 0. The third-order valence-corrected chi connectivity index (χ3v) is 2.92. The lowest BCUT2D eigenvalue weighted by molar-refractivity contribution is 1.26. The van der Waals surface area contributed by atoms with Gasteiger partial charge in [-0.15, -0.1) is 0 Å². The van der Waals surface area contributed by atoms with E-state index in [1.54, 1.807) is 0 Å². The van der Waals surface area contributed by atoms with E-state index in [0.717, 1.165) is 4.47 Å². The Morgan fingerprint density at radius 1 is 1.06 bits per heavy atom. The minimum atomic E-state index is 1.10. The second-order valence-corrected chi connectivity index (χ2v) is 4.53. The zero-order chi connectivity index (χ0) is 11.4. The minimum Gasteiger partial charge on any atom is -0.264 e. The molecule has 0 aliphatic carbocycles. The van der Waals surface area contributed by atoms with Gasteiger partial charge in [-0.1, -0.05) is 40.2 Å². The Hall–Kier alpha value is -1.41. The molecule has 2 rings (SSSR count). The van der Waals surface area contributed by atoms with Gasteiger partial charge in [-0.05, 0) is 41.8 Å². The highest BCUT2D eigenvalue weighted by Crippen LogP contribution is 2.14. The molecule has 1 heterocycles. The summed E-state index contributed by atoms with van der Waals surface area (Å²) >= 11 is 3.42. The fourth-order valence-corrected chi connectivity index (χ4v) is 1.70. The molecular formula is C14H12BrN. The van der Waals surface area contributed by atoms with Gasteiger partial charge in [-0.25, -0.2) is 0 Å². The van der Waals surface area contributed by atoms with E-state index in [0.29, 0.717) is 0 Å². The van der Waals surface area contributed by atoms with E-state index in [9.17, 15) is 0 Å². The SMILES string of the molecule is Cc1cnccc1C=Cc1ccc(Br)cc1. The second kappa shape index (κ2) is 5.08. The molecule has 0 bridgehead atoms. The molecule has 0 radical (unpaired) electrons. The van der Waals surface area contributed by atoms with Crippen LogP contribution >= 0.6 is 15.9 Å². The van der Waals surface area contributed by atoms with Crippen LogP contribution in [-0.4, -0.2) is 4.98 Å². The smallest absolute Gasteiger partial charge is 0.0303 e. The molecule has 0 amide bonds. The lowest BCUT2D eigenvalue weighted by Crippen LogP contribution is -1.81. The first-order chi connectivity index (χ1) is 7.75. The van der Waals surface area contributed by atoms with Gasteiger partial charge < -0.3 is 0 Å². The highest BCUT2D eigenvalue weighted by atomic mass is 79.9. The third kappa shape index (κ3) is 2.80. The fourth-order valence-electron chi connectivity index (χ4n) is 1.43. The van der Waals surface area contributed by atoms with Crippen molar-refractivity contribution in [2.45, 2.75) is 6.92 Å². The first-order valence-corrected chi connectivity index (χ1v) is 5.89. The number of pyridine rings is 1. The Morgan fingerprint density at radius 3 is 2.50 bits per heavy atom. The topological polar surface area (TPSA) is 12.9 Å². The average molecular weight is 274 g/mol. The number of benzene rings is 1. The van der Waals surface area contributed by atoms with Gasteiger partial charge in [0, 0.05) is 16.9 Å². The Bertz CT molecular complexity index is 500. The molecule has 0 saturated carbocycles. The van der Waals surface area contributed by atoms with Gasteiger partial charge in [0.2, 0.25) is 0 Å². The molecule has 0 spiro atoms. The molecule has 0 unspecified atom stereocenters. The number of aromatic nitrogens is 1. The van der Waals surface area contributed by atoms with Crippen molar-refractivity contribution in [3.05, 3.63) is 63.9 Å². The van der Waals surface area contributed by atoms with Crippen molar-refractivity contribution in [3.63, 3.8) is 0 Å². The Kier molecular flexibility index (Phi) is 3.52. The number of aryl methyl sites for hydroxylation is 1. The Morgan fingerprint density at radius 2 is 1.81 bits per heavy atom. The first-order valence-electron chi connectivity index (χ1n) is 5.10.